The molecule has 0 atom stereocenters. The molecule has 32 heavy (non-hydrogen) atoms. The highest BCUT2D eigenvalue weighted by Gasteiger charge is 2.16. The number of hydrogen-bond donors (Lipinski definition) is 1. The van der Waals surface area contributed by atoms with Gasteiger partial charge in [0.2, 0.25) is 0 Å². The monoisotopic (exact) mass is 486 g/mol. The number of alkyl halides is 2. The van der Waals surface area contributed by atoms with E-state index in [1.165, 1.54) is 29.1 Å². The first-order valence-corrected chi connectivity index (χ1v) is 9.60. The van der Waals surface area contributed by atoms with Crippen LogP contribution >= 0.6 is 23.2 Å². The number of benzene rings is 2. The lowest BCUT2D eigenvalue weighted by molar-refractivity contribution is -0.384. The number of ether oxygens (including phenoxy) is 2. The molecule has 0 aliphatic carbocycles. The molecular formula is C19H14Cl2F2N4O5. The first-order valence-electron chi connectivity index (χ1n) is 8.84. The number of rotatable bonds is 9. The fraction of sp³-hybridized carbons (Fsp3) is 0.158. The Balaban J connectivity index is 1.68. The summed E-state index contributed by atoms with van der Waals surface area (Å²) in [6, 6.07) is 9.32. The molecule has 168 valence electrons. The Bertz CT molecular complexity index is 1140. The largest absolute Gasteiger partial charge is 0.487 e. The zero-order chi connectivity index (χ0) is 23.3. The summed E-state index contributed by atoms with van der Waals surface area (Å²) >= 11 is 11.9. The van der Waals surface area contributed by atoms with Crippen LogP contribution in [0, 0.1) is 10.1 Å². The van der Waals surface area contributed by atoms with E-state index in [0.29, 0.717) is 15.8 Å². The van der Waals surface area contributed by atoms with Gasteiger partial charge in [-0.2, -0.15) is 5.10 Å². The van der Waals surface area contributed by atoms with Gasteiger partial charge in [0, 0.05) is 23.4 Å². The summed E-state index contributed by atoms with van der Waals surface area (Å²) in [6.45, 7) is -1.01. The Labute approximate surface area is 189 Å². The molecule has 0 fully saturated rings. The van der Waals surface area contributed by atoms with E-state index in [4.69, 9.17) is 32.7 Å². The van der Waals surface area contributed by atoms with E-state index in [1.807, 2.05) is 0 Å². The van der Waals surface area contributed by atoms with Crippen LogP contribution in [-0.4, -0.2) is 33.6 Å². The number of nitro benzene ring substituents is 1. The Morgan fingerprint density at radius 3 is 2.66 bits per heavy atom. The van der Waals surface area contributed by atoms with Crippen LogP contribution in [-0.2, 0) is 6.73 Å². The van der Waals surface area contributed by atoms with Gasteiger partial charge in [-0.05, 0) is 24.3 Å². The van der Waals surface area contributed by atoms with Crippen LogP contribution in [0.3, 0.4) is 0 Å². The lowest BCUT2D eigenvalue weighted by Gasteiger charge is -2.09. The van der Waals surface area contributed by atoms with Crippen LogP contribution < -0.4 is 14.8 Å². The molecule has 9 nitrogen and oxygen atoms in total. The van der Waals surface area contributed by atoms with Crippen molar-refractivity contribution >= 4 is 40.5 Å². The molecule has 0 aliphatic heterocycles. The first kappa shape index (κ1) is 23.2. The van der Waals surface area contributed by atoms with Crippen molar-refractivity contribution in [2.75, 3.05) is 11.9 Å². The minimum Gasteiger partial charge on any atom is -0.487 e. The van der Waals surface area contributed by atoms with Crippen LogP contribution in [0.4, 0.5) is 20.2 Å². The number of nitrogens with one attached hydrogen (secondary N) is 1. The maximum Gasteiger partial charge on any atom is 0.276 e. The lowest BCUT2D eigenvalue weighted by atomic mass is 10.2. The number of carbonyl (C=O) groups is 1. The highest BCUT2D eigenvalue weighted by molar-refractivity contribution is 6.35. The quantitative estimate of drug-likeness (QED) is 0.335. The minimum atomic E-state index is -2.76. The molecule has 0 spiro atoms. The molecule has 0 saturated carbocycles. The molecule has 0 radical (unpaired) electrons. The van der Waals surface area contributed by atoms with Gasteiger partial charge < -0.3 is 14.8 Å². The van der Waals surface area contributed by atoms with Gasteiger partial charge in [-0.1, -0.05) is 23.2 Å². The van der Waals surface area contributed by atoms with Crippen LogP contribution in [0.5, 0.6) is 11.5 Å². The second kappa shape index (κ2) is 10.2. The third kappa shape index (κ3) is 6.28. The number of nitro groups is 1. The maximum absolute atomic E-state index is 12.5. The van der Waals surface area contributed by atoms with Gasteiger partial charge in [-0.25, -0.2) is 13.5 Å². The molecule has 3 aromatic rings. The molecule has 0 aliphatic rings. The van der Waals surface area contributed by atoms with E-state index in [-0.39, 0.29) is 23.9 Å². The fourth-order valence-corrected chi connectivity index (χ4v) is 2.94. The lowest BCUT2D eigenvalue weighted by Crippen LogP contribution is -2.15. The highest BCUT2D eigenvalue weighted by atomic mass is 35.5. The fourth-order valence-electron chi connectivity index (χ4n) is 2.48. The number of nitrogens with zero attached hydrogens (tertiary/aromatic N) is 3. The SMILES string of the molecule is O=C(Nc1cc(OCC(F)F)cc([N+](=O)[O-])c1)c1ccn(COc2ccc(Cl)cc2Cl)n1. The number of hydrogen-bond acceptors (Lipinski definition) is 6. The van der Waals surface area contributed by atoms with E-state index in [0.717, 1.165) is 12.1 Å². The molecule has 1 N–H and O–H groups in total. The van der Waals surface area contributed by atoms with Gasteiger partial charge in [0.05, 0.1) is 21.7 Å². The van der Waals surface area contributed by atoms with Crippen LogP contribution in [0.2, 0.25) is 10.0 Å². The van der Waals surface area contributed by atoms with Gasteiger partial charge in [0.1, 0.15) is 18.1 Å². The predicted molar refractivity (Wildman–Crippen MR) is 112 cm³/mol. The summed E-state index contributed by atoms with van der Waals surface area (Å²) in [7, 11) is 0. The number of halogens is 4. The van der Waals surface area contributed by atoms with E-state index in [1.54, 1.807) is 12.1 Å². The molecule has 1 heterocycles. The first-order chi connectivity index (χ1) is 15.2. The smallest absolute Gasteiger partial charge is 0.276 e. The van der Waals surface area contributed by atoms with Crippen molar-refractivity contribution in [3.05, 3.63) is 74.5 Å². The Hall–Kier alpha value is -3.44. The van der Waals surface area contributed by atoms with Crippen LogP contribution in [0.25, 0.3) is 0 Å². The molecule has 0 bridgehead atoms. The Morgan fingerprint density at radius 2 is 1.97 bits per heavy atom. The molecule has 1 amide bonds. The number of carbonyl (C=O) groups excluding carboxylic acids is 1. The third-order valence-corrected chi connectivity index (χ3v) is 4.39. The second-order valence-electron chi connectivity index (χ2n) is 6.22. The number of aromatic nitrogens is 2. The zero-order valence-corrected chi connectivity index (χ0v) is 17.5. The highest BCUT2D eigenvalue weighted by Crippen LogP contribution is 2.28. The molecule has 0 unspecified atom stereocenters. The minimum absolute atomic E-state index is 0.0163. The van der Waals surface area contributed by atoms with Crippen LogP contribution in [0.15, 0.2) is 48.7 Å². The summed E-state index contributed by atoms with van der Waals surface area (Å²) < 4.78 is 36.4. The Morgan fingerprint density at radius 1 is 1.19 bits per heavy atom. The number of anilines is 1. The zero-order valence-electron chi connectivity index (χ0n) is 16.0. The van der Waals surface area contributed by atoms with Crippen molar-refractivity contribution < 1.29 is 28.0 Å². The van der Waals surface area contributed by atoms with Gasteiger partial charge in [0.15, 0.2) is 12.4 Å². The van der Waals surface area contributed by atoms with Gasteiger partial charge in [-0.15, -0.1) is 0 Å². The van der Waals surface area contributed by atoms with E-state index >= 15 is 0 Å². The van der Waals surface area contributed by atoms with Crippen molar-refractivity contribution in [1.29, 1.82) is 0 Å². The van der Waals surface area contributed by atoms with Crippen molar-refractivity contribution in [2.45, 2.75) is 13.2 Å². The average molecular weight is 487 g/mol. The number of amides is 1. The van der Waals surface area contributed by atoms with Crippen molar-refractivity contribution in [3.8, 4) is 11.5 Å². The van der Waals surface area contributed by atoms with Crippen molar-refractivity contribution in [1.82, 2.24) is 9.78 Å². The molecule has 3 rings (SSSR count). The molecule has 13 heteroatoms. The standard InChI is InChI=1S/C19H14Cl2F2N4O5/c20-11-1-2-17(15(21)5-11)32-10-26-4-3-16(25-26)19(28)24-12-6-13(27(29)30)8-14(7-12)31-9-18(22)23/h1-8,18H,9-10H2,(H,24,28). The third-order valence-electron chi connectivity index (χ3n) is 3.86. The summed E-state index contributed by atoms with van der Waals surface area (Å²) in [6.07, 6.45) is -1.29. The second-order valence-corrected chi connectivity index (χ2v) is 7.06. The number of non-ortho nitro benzene ring substituents is 1. The summed E-state index contributed by atoms with van der Waals surface area (Å²) in [5.41, 5.74) is -0.476. The summed E-state index contributed by atoms with van der Waals surface area (Å²) in [4.78, 5) is 22.8. The van der Waals surface area contributed by atoms with Crippen molar-refractivity contribution in [2.24, 2.45) is 0 Å². The van der Waals surface area contributed by atoms with E-state index in [2.05, 4.69) is 10.4 Å². The Kier molecular flexibility index (Phi) is 7.44. The molecular weight excluding hydrogens is 473 g/mol. The predicted octanol–water partition coefficient (Wildman–Crippen LogP) is 5.03. The van der Waals surface area contributed by atoms with Crippen molar-refractivity contribution in [3.63, 3.8) is 0 Å². The molecule has 2 aromatic carbocycles. The van der Waals surface area contributed by atoms with Gasteiger partial charge in [0.25, 0.3) is 18.0 Å². The van der Waals surface area contributed by atoms with Gasteiger partial charge in [-0.3, -0.25) is 14.9 Å². The molecule has 0 saturated heterocycles. The average Bonchev–Trinajstić information content (AvgIpc) is 3.20. The summed E-state index contributed by atoms with van der Waals surface area (Å²) in [5.74, 6) is -0.507. The summed E-state index contributed by atoms with van der Waals surface area (Å²) in [5, 5.41) is 18.3. The van der Waals surface area contributed by atoms with Gasteiger partial charge >= 0.3 is 0 Å². The van der Waals surface area contributed by atoms with E-state index < -0.39 is 29.6 Å². The molecule has 1 aromatic heterocycles. The maximum atomic E-state index is 12.5. The van der Waals surface area contributed by atoms with E-state index in [9.17, 15) is 23.7 Å². The normalized spacial score (nSPS) is 10.8. The van der Waals surface area contributed by atoms with Crippen LogP contribution in [0.1, 0.15) is 10.5 Å². The topological polar surface area (TPSA) is 109 Å².